The Morgan fingerprint density at radius 1 is 1.12 bits per heavy atom. The van der Waals surface area contributed by atoms with E-state index < -0.39 is 29.6 Å². The van der Waals surface area contributed by atoms with Crippen LogP contribution in [0.25, 0.3) is 0 Å². The number of nitrogens with one attached hydrogen (secondary N) is 2. The maximum absolute atomic E-state index is 12.8. The molecule has 11 heteroatoms. The Kier molecular flexibility index (Phi) is 10.6. The summed E-state index contributed by atoms with van der Waals surface area (Å²) in [5.41, 5.74) is 2.58. The number of carboxylic acids is 1. The molecule has 0 radical (unpaired) electrons. The van der Waals surface area contributed by atoms with Gasteiger partial charge in [0.25, 0.3) is 0 Å². The number of carbonyl (C=O) groups is 4. The predicted molar refractivity (Wildman–Crippen MR) is 151 cm³/mol. The molecule has 2 heterocycles. The first-order valence-corrected chi connectivity index (χ1v) is 14.2. The number of unbranched alkanes of at least 4 members (excludes halogenated alkanes) is 1. The van der Waals surface area contributed by atoms with E-state index in [1.165, 1.54) is 12.7 Å². The summed E-state index contributed by atoms with van der Waals surface area (Å²) >= 11 is 0. The number of ether oxygens (including phenoxy) is 3. The molecule has 0 bridgehead atoms. The largest absolute Gasteiger partial charge is 0.480 e. The molecule has 228 valence electrons. The molecule has 11 nitrogen and oxygen atoms in total. The summed E-state index contributed by atoms with van der Waals surface area (Å²) in [5.74, 6) is -1.45. The third-order valence-electron chi connectivity index (χ3n) is 7.70. The minimum Gasteiger partial charge on any atom is -0.480 e. The van der Waals surface area contributed by atoms with Gasteiger partial charge in [0.2, 0.25) is 0 Å². The minimum atomic E-state index is -1.10. The van der Waals surface area contributed by atoms with E-state index in [1.807, 2.05) is 26.0 Å². The molecule has 1 fully saturated rings. The summed E-state index contributed by atoms with van der Waals surface area (Å²) in [5, 5.41) is 14.9. The van der Waals surface area contributed by atoms with E-state index in [2.05, 4.69) is 16.7 Å². The number of methoxy groups -OCH3 is 1. The molecule has 0 aliphatic carbocycles. The summed E-state index contributed by atoms with van der Waals surface area (Å²) < 4.78 is 15.8. The average Bonchev–Trinajstić information content (AvgIpc) is 3.55. The lowest BCUT2D eigenvalue weighted by Crippen LogP contribution is -2.49. The fourth-order valence-corrected chi connectivity index (χ4v) is 5.25. The summed E-state index contributed by atoms with van der Waals surface area (Å²) in [6.07, 6.45) is 2.47. The van der Waals surface area contributed by atoms with E-state index in [4.69, 9.17) is 14.2 Å². The van der Waals surface area contributed by atoms with E-state index in [0.717, 1.165) is 36.8 Å². The van der Waals surface area contributed by atoms with E-state index in [-0.39, 0.29) is 30.2 Å². The van der Waals surface area contributed by atoms with Gasteiger partial charge in [0, 0.05) is 26.1 Å². The molecule has 1 saturated heterocycles. The number of nitrogens with zero attached hydrogens (tertiary/aromatic N) is 1. The van der Waals surface area contributed by atoms with Crippen molar-refractivity contribution in [3.8, 4) is 0 Å². The number of hydrogen-bond donors (Lipinski definition) is 3. The summed E-state index contributed by atoms with van der Waals surface area (Å²) in [4.78, 5) is 50.0. The highest BCUT2D eigenvalue weighted by Gasteiger charge is 2.35. The highest BCUT2D eigenvalue weighted by atomic mass is 16.6. The number of aryl methyl sites for hydroxylation is 1. The van der Waals surface area contributed by atoms with Gasteiger partial charge in [0.15, 0.2) is 0 Å². The fourth-order valence-electron chi connectivity index (χ4n) is 5.25. The molecule has 41 heavy (non-hydrogen) atoms. The van der Waals surface area contributed by atoms with Crippen LogP contribution in [0, 0.1) is 10.8 Å². The zero-order valence-corrected chi connectivity index (χ0v) is 25.1. The van der Waals surface area contributed by atoms with Gasteiger partial charge in [0.05, 0.1) is 13.7 Å². The molecule has 3 rings (SSSR count). The molecule has 3 N–H and O–H groups in total. The number of aliphatic carboxylic acids is 1. The molecular weight excluding hydrogens is 530 g/mol. The van der Waals surface area contributed by atoms with Gasteiger partial charge in [-0.2, -0.15) is 0 Å². The second kappa shape index (κ2) is 13.5. The molecule has 0 saturated carbocycles. The number of rotatable bonds is 11. The highest BCUT2D eigenvalue weighted by molar-refractivity contribution is 5.80. The molecule has 2 aliphatic heterocycles. The van der Waals surface area contributed by atoms with Gasteiger partial charge in [-0.05, 0) is 46.8 Å². The number of benzene rings is 1. The van der Waals surface area contributed by atoms with Crippen LogP contribution >= 0.6 is 0 Å². The summed E-state index contributed by atoms with van der Waals surface area (Å²) in [6.45, 7) is 10.9. The van der Waals surface area contributed by atoms with Crippen molar-refractivity contribution < 1.29 is 38.5 Å². The third kappa shape index (κ3) is 9.08. The van der Waals surface area contributed by atoms with Crippen molar-refractivity contribution in [2.24, 2.45) is 10.8 Å². The van der Waals surface area contributed by atoms with Crippen LogP contribution in [0.3, 0.4) is 0 Å². The highest BCUT2D eigenvalue weighted by Crippen LogP contribution is 2.30. The molecule has 3 atom stereocenters. The van der Waals surface area contributed by atoms with Crippen LogP contribution < -0.4 is 10.6 Å². The standard InChI is InChI=1S/C30H45N3O8/c1-29(2,3)24(25(34)35)32-27(37)40-18-30(4,5)13-8-7-10-19-11-9-12-20-16-33(17-22(19)20)28(38)41-21-14-23(31-15-21)26(36)39-6/h9,11-12,21,23-24,31H,7-8,10,13-18H2,1-6H3,(H,32,37)(H,34,35)/t21-,23+,24-/m1/s1. The Hall–Kier alpha value is -3.34. The van der Waals surface area contributed by atoms with Crippen LogP contribution in [0.1, 0.15) is 77.0 Å². The zero-order valence-electron chi connectivity index (χ0n) is 25.1. The van der Waals surface area contributed by atoms with Crippen molar-refractivity contribution in [3.05, 3.63) is 34.9 Å². The first-order chi connectivity index (χ1) is 19.2. The summed E-state index contributed by atoms with van der Waals surface area (Å²) in [6, 6.07) is 4.66. The maximum Gasteiger partial charge on any atom is 0.410 e. The van der Waals surface area contributed by atoms with Crippen LogP contribution in [0.2, 0.25) is 0 Å². The topological polar surface area (TPSA) is 144 Å². The number of amides is 2. The first kappa shape index (κ1) is 32.2. The minimum absolute atomic E-state index is 0.185. The molecule has 2 aliphatic rings. The average molecular weight is 576 g/mol. The normalized spacial score (nSPS) is 19.3. The lowest BCUT2D eigenvalue weighted by Gasteiger charge is -2.29. The van der Waals surface area contributed by atoms with Crippen molar-refractivity contribution in [1.29, 1.82) is 0 Å². The maximum atomic E-state index is 12.8. The number of esters is 1. The number of fused-ring (bicyclic) bond motifs is 1. The number of carbonyl (C=O) groups excluding carboxylic acids is 3. The van der Waals surface area contributed by atoms with E-state index in [1.54, 1.807) is 25.7 Å². The quantitative estimate of drug-likeness (QED) is 0.203. The number of hydrogen-bond acceptors (Lipinski definition) is 8. The molecular formula is C30H45N3O8. The summed E-state index contributed by atoms with van der Waals surface area (Å²) in [7, 11) is 1.34. The Morgan fingerprint density at radius 3 is 2.51 bits per heavy atom. The van der Waals surface area contributed by atoms with Crippen LogP contribution in [-0.2, 0) is 43.3 Å². The van der Waals surface area contributed by atoms with Gasteiger partial charge in [0.1, 0.15) is 18.2 Å². The number of carboxylic acid groups (broad SMARTS) is 1. The lowest BCUT2D eigenvalue weighted by molar-refractivity contribution is -0.143. The van der Waals surface area contributed by atoms with Crippen LogP contribution in [-0.4, -0.2) is 72.6 Å². The lowest BCUT2D eigenvalue weighted by atomic mass is 9.87. The van der Waals surface area contributed by atoms with E-state index >= 15 is 0 Å². The molecule has 0 spiro atoms. The van der Waals surface area contributed by atoms with Gasteiger partial charge in [-0.3, -0.25) is 9.69 Å². The van der Waals surface area contributed by atoms with Crippen molar-refractivity contribution in [2.45, 2.75) is 98.0 Å². The first-order valence-electron chi connectivity index (χ1n) is 14.2. The monoisotopic (exact) mass is 575 g/mol. The van der Waals surface area contributed by atoms with Gasteiger partial charge in [-0.1, -0.05) is 59.2 Å². The number of alkyl carbamates (subject to hydrolysis) is 1. The predicted octanol–water partition coefficient (Wildman–Crippen LogP) is 4.01. The van der Waals surface area contributed by atoms with Crippen molar-refractivity contribution in [3.63, 3.8) is 0 Å². The van der Waals surface area contributed by atoms with Gasteiger partial charge in [-0.15, -0.1) is 0 Å². The SMILES string of the molecule is COC(=O)[C@@H]1C[C@@H](OC(=O)N2Cc3cccc(CCCCC(C)(C)COC(=O)N[C@H](C(=O)O)C(C)(C)C)c3C2)CN1. The smallest absolute Gasteiger partial charge is 0.410 e. The fraction of sp³-hybridized carbons (Fsp3) is 0.667. The Balaban J connectivity index is 1.43. The van der Waals surface area contributed by atoms with Crippen LogP contribution in [0.5, 0.6) is 0 Å². The second-order valence-electron chi connectivity index (χ2n) is 12.9. The van der Waals surface area contributed by atoms with Crippen LogP contribution in [0.15, 0.2) is 18.2 Å². The Morgan fingerprint density at radius 2 is 1.85 bits per heavy atom. The Labute approximate surface area is 242 Å². The molecule has 0 aromatic heterocycles. The van der Waals surface area contributed by atoms with Crippen molar-refractivity contribution in [2.75, 3.05) is 20.3 Å². The van der Waals surface area contributed by atoms with Gasteiger partial charge >= 0.3 is 24.1 Å². The van der Waals surface area contributed by atoms with E-state index in [0.29, 0.717) is 26.1 Å². The Bertz CT molecular complexity index is 1110. The second-order valence-corrected chi connectivity index (χ2v) is 12.9. The van der Waals surface area contributed by atoms with Gasteiger partial charge in [-0.25, -0.2) is 14.4 Å². The zero-order chi connectivity index (χ0) is 30.4. The van der Waals surface area contributed by atoms with Gasteiger partial charge < -0.3 is 30.0 Å². The molecule has 2 amide bonds. The van der Waals surface area contributed by atoms with Crippen molar-refractivity contribution >= 4 is 24.1 Å². The molecule has 1 aromatic carbocycles. The molecule has 0 unspecified atom stereocenters. The van der Waals surface area contributed by atoms with Crippen molar-refractivity contribution in [1.82, 2.24) is 15.5 Å². The molecule has 1 aromatic rings. The van der Waals surface area contributed by atoms with E-state index in [9.17, 15) is 24.3 Å². The third-order valence-corrected chi connectivity index (χ3v) is 7.70. The van der Waals surface area contributed by atoms with Crippen LogP contribution in [0.4, 0.5) is 9.59 Å².